The van der Waals surface area contributed by atoms with Crippen molar-refractivity contribution in [1.29, 1.82) is 0 Å². The molecule has 1 heteroatoms. The van der Waals surface area contributed by atoms with Crippen LogP contribution in [0, 0.1) is 17.8 Å². The van der Waals surface area contributed by atoms with E-state index in [2.05, 4.69) is 13.8 Å². The van der Waals surface area contributed by atoms with Crippen LogP contribution in [0.4, 0.5) is 0 Å². The predicted molar refractivity (Wildman–Crippen MR) is 47.3 cm³/mol. The van der Waals surface area contributed by atoms with Gasteiger partial charge >= 0.3 is 0 Å². The van der Waals surface area contributed by atoms with Gasteiger partial charge in [0.15, 0.2) is 0 Å². The van der Waals surface area contributed by atoms with Crippen molar-refractivity contribution < 1.29 is 5.11 Å². The molecule has 1 rings (SSSR count). The first kappa shape index (κ1) is 9.05. The summed E-state index contributed by atoms with van der Waals surface area (Å²) in [5.74, 6) is 2.11. The fourth-order valence-electron chi connectivity index (χ4n) is 2.25. The highest BCUT2D eigenvalue weighted by Gasteiger charge is 2.28. The number of rotatable bonds is 1. The van der Waals surface area contributed by atoms with Gasteiger partial charge in [0.2, 0.25) is 0 Å². The first-order valence-corrected chi connectivity index (χ1v) is 4.79. The van der Waals surface area contributed by atoms with Gasteiger partial charge in [0, 0.05) is 0 Å². The zero-order valence-corrected chi connectivity index (χ0v) is 7.88. The van der Waals surface area contributed by atoms with Crippen LogP contribution in [0.2, 0.25) is 0 Å². The van der Waals surface area contributed by atoms with E-state index >= 15 is 0 Å². The smallest absolute Gasteiger partial charge is 0.0542 e. The van der Waals surface area contributed by atoms with Crippen LogP contribution in [0.25, 0.3) is 0 Å². The fraction of sp³-hybridized carbons (Fsp3) is 1.00. The van der Waals surface area contributed by atoms with Crippen LogP contribution >= 0.6 is 0 Å². The molecule has 1 aliphatic rings. The minimum absolute atomic E-state index is 0.104. The van der Waals surface area contributed by atoms with Crippen molar-refractivity contribution in [2.24, 2.45) is 17.8 Å². The van der Waals surface area contributed by atoms with Gasteiger partial charge in [-0.15, -0.1) is 0 Å². The highest BCUT2D eigenvalue weighted by molar-refractivity contribution is 4.78. The molecular weight excluding hydrogens is 136 g/mol. The van der Waals surface area contributed by atoms with Gasteiger partial charge in [0.1, 0.15) is 0 Å². The lowest BCUT2D eigenvalue weighted by Gasteiger charge is -2.34. The lowest BCUT2D eigenvalue weighted by molar-refractivity contribution is 0.0519. The van der Waals surface area contributed by atoms with Gasteiger partial charge in [-0.25, -0.2) is 0 Å². The molecule has 0 amide bonds. The highest BCUT2D eigenvalue weighted by Crippen LogP contribution is 2.35. The second-order valence-corrected chi connectivity index (χ2v) is 4.30. The van der Waals surface area contributed by atoms with Crippen molar-refractivity contribution in [2.75, 3.05) is 0 Å². The molecule has 1 fully saturated rings. The van der Waals surface area contributed by atoms with E-state index in [1.165, 1.54) is 19.3 Å². The first-order valence-electron chi connectivity index (χ1n) is 4.79. The maximum atomic E-state index is 9.47. The van der Waals surface area contributed by atoms with Crippen LogP contribution in [0.1, 0.15) is 40.0 Å². The van der Waals surface area contributed by atoms with E-state index in [1.54, 1.807) is 0 Å². The maximum absolute atomic E-state index is 9.47. The molecule has 0 aromatic rings. The molecule has 0 aromatic carbocycles. The monoisotopic (exact) mass is 156 g/mol. The molecule has 1 saturated carbocycles. The summed E-state index contributed by atoms with van der Waals surface area (Å²) in [7, 11) is 0. The van der Waals surface area contributed by atoms with E-state index in [0.717, 1.165) is 11.8 Å². The quantitative estimate of drug-likeness (QED) is 0.618. The van der Waals surface area contributed by atoms with Gasteiger partial charge in [-0.3, -0.25) is 0 Å². The molecule has 1 aliphatic carbocycles. The van der Waals surface area contributed by atoms with Crippen LogP contribution in [-0.2, 0) is 0 Å². The average molecular weight is 156 g/mol. The molecule has 4 atom stereocenters. The van der Waals surface area contributed by atoms with E-state index in [9.17, 15) is 5.11 Å². The maximum Gasteiger partial charge on any atom is 0.0542 e. The Balaban J connectivity index is 2.47. The lowest BCUT2D eigenvalue weighted by Crippen LogP contribution is -2.29. The highest BCUT2D eigenvalue weighted by atomic mass is 16.3. The van der Waals surface area contributed by atoms with Crippen LogP contribution in [-0.4, -0.2) is 11.2 Å². The topological polar surface area (TPSA) is 20.2 Å². The third-order valence-corrected chi connectivity index (χ3v) is 3.14. The molecule has 0 saturated heterocycles. The van der Waals surface area contributed by atoms with E-state index in [-0.39, 0.29) is 6.10 Å². The van der Waals surface area contributed by atoms with Crippen molar-refractivity contribution in [1.82, 2.24) is 0 Å². The summed E-state index contributed by atoms with van der Waals surface area (Å²) < 4.78 is 0. The zero-order valence-electron chi connectivity index (χ0n) is 7.88. The summed E-state index contributed by atoms with van der Waals surface area (Å²) in [5.41, 5.74) is 0. The average Bonchev–Trinajstić information content (AvgIpc) is 1.94. The third kappa shape index (κ3) is 2.19. The van der Waals surface area contributed by atoms with E-state index in [0.29, 0.717) is 5.92 Å². The van der Waals surface area contributed by atoms with Gasteiger partial charge in [-0.1, -0.05) is 26.7 Å². The molecule has 11 heavy (non-hydrogen) atoms. The zero-order chi connectivity index (χ0) is 8.43. The summed E-state index contributed by atoms with van der Waals surface area (Å²) in [6.45, 7) is 6.49. The molecule has 4 unspecified atom stereocenters. The number of hydrogen-bond acceptors (Lipinski definition) is 1. The van der Waals surface area contributed by atoms with Crippen molar-refractivity contribution in [3.63, 3.8) is 0 Å². The summed E-state index contributed by atoms with van der Waals surface area (Å²) in [5, 5.41) is 9.47. The number of hydrogen-bond donors (Lipinski definition) is 1. The Morgan fingerprint density at radius 3 is 2.36 bits per heavy atom. The standard InChI is InChI=1S/C10H20O/c1-7-4-5-8(2)10(6-7)9(3)11/h7-11H,4-6H2,1-3H3. The van der Waals surface area contributed by atoms with Gasteiger partial charge in [0.25, 0.3) is 0 Å². The predicted octanol–water partition coefficient (Wildman–Crippen LogP) is 2.44. The first-order chi connectivity index (χ1) is 5.11. The molecule has 0 aliphatic heterocycles. The SMILES string of the molecule is CC1CCC(C)C(C(C)O)C1. The largest absolute Gasteiger partial charge is 0.393 e. The molecule has 0 spiro atoms. The molecule has 1 nitrogen and oxygen atoms in total. The molecule has 0 heterocycles. The van der Waals surface area contributed by atoms with Crippen molar-refractivity contribution in [2.45, 2.75) is 46.1 Å². The Morgan fingerprint density at radius 2 is 1.91 bits per heavy atom. The van der Waals surface area contributed by atoms with Crippen LogP contribution < -0.4 is 0 Å². The third-order valence-electron chi connectivity index (χ3n) is 3.14. The molecule has 0 bridgehead atoms. The molecule has 66 valence electrons. The Labute approximate surface area is 69.8 Å². The van der Waals surface area contributed by atoms with Crippen molar-refractivity contribution in [3.05, 3.63) is 0 Å². The minimum Gasteiger partial charge on any atom is -0.393 e. The lowest BCUT2D eigenvalue weighted by atomic mass is 9.73. The van der Waals surface area contributed by atoms with E-state index < -0.39 is 0 Å². The Bertz CT molecular complexity index is 120. The minimum atomic E-state index is -0.104. The Hall–Kier alpha value is -0.0400. The molecular formula is C10H20O. The van der Waals surface area contributed by atoms with Crippen molar-refractivity contribution >= 4 is 0 Å². The van der Waals surface area contributed by atoms with E-state index in [1.807, 2.05) is 6.92 Å². The van der Waals surface area contributed by atoms with Gasteiger partial charge in [0.05, 0.1) is 6.10 Å². The van der Waals surface area contributed by atoms with Crippen molar-refractivity contribution in [3.8, 4) is 0 Å². The molecule has 1 N–H and O–H groups in total. The summed E-state index contributed by atoms with van der Waals surface area (Å²) in [6.07, 6.45) is 3.77. The summed E-state index contributed by atoms with van der Waals surface area (Å²) in [4.78, 5) is 0. The molecule has 0 aromatic heterocycles. The van der Waals surface area contributed by atoms with E-state index in [4.69, 9.17) is 0 Å². The number of aliphatic hydroxyl groups excluding tert-OH is 1. The van der Waals surface area contributed by atoms with Crippen LogP contribution in [0.5, 0.6) is 0 Å². The summed E-state index contributed by atoms with van der Waals surface area (Å²) in [6, 6.07) is 0. The summed E-state index contributed by atoms with van der Waals surface area (Å²) >= 11 is 0. The van der Waals surface area contributed by atoms with Crippen LogP contribution in [0.15, 0.2) is 0 Å². The van der Waals surface area contributed by atoms with Crippen LogP contribution in [0.3, 0.4) is 0 Å². The number of aliphatic hydroxyl groups is 1. The van der Waals surface area contributed by atoms with Gasteiger partial charge in [-0.2, -0.15) is 0 Å². The fourth-order valence-corrected chi connectivity index (χ4v) is 2.25. The van der Waals surface area contributed by atoms with Gasteiger partial charge in [-0.05, 0) is 31.1 Å². The second-order valence-electron chi connectivity index (χ2n) is 4.30. The van der Waals surface area contributed by atoms with Gasteiger partial charge < -0.3 is 5.11 Å². The normalized spacial score (nSPS) is 42.0. The Morgan fingerprint density at radius 1 is 1.27 bits per heavy atom. The Kier molecular flexibility index (Phi) is 2.94. The molecule has 0 radical (unpaired) electrons. The second kappa shape index (κ2) is 3.57.